The molecule has 0 aliphatic rings. The summed E-state index contributed by atoms with van der Waals surface area (Å²) in [5, 5.41) is 2.44. The Hall–Kier alpha value is -2.12. The number of carbonyl (C=O) groups excluding carboxylic acids is 2. The molecule has 0 unspecified atom stereocenters. The Morgan fingerprint density at radius 1 is 1.22 bits per heavy atom. The molecule has 1 aromatic carbocycles. The van der Waals surface area contributed by atoms with Gasteiger partial charge in [0.15, 0.2) is 0 Å². The summed E-state index contributed by atoms with van der Waals surface area (Å²) >= 11 is 3.40. The second-order valence-corrected chi connectivity index (χ2v) is 6.10. The maximum absolute atomic E-state index is 11.6. The van der Waals surface area contributed by atoms with Crippen molar-refractivity contribution >= 4 is 27.7 Å². The number of primary amides is 1. The number of amides is 2. The van der Waals surface area contributed by atoms with Gasteiger partial charge in [-0.25, -0.2) is 0 Å². The molecule has 0 fully saturated rings. The third kappa shape index (κ3) is 5.54. The van der Waals surface area contributed by atoms with Gasteiger partial charge >= 0.3 is 0 Å². The predicted molar refractivity (Wildman–Crippen MR) is 90.4 cm³/mol. The second-order valence-electron chi connectivity index (χ2n) is 5.19. The lowest BCUT2D eigenvalue weighted by Crippen LogP contribution is -2.39. The average molecular weight is 380 g/mol. The van der Waals surface area contributed by atoms with Gasteiger partial charge in [-0.15, -0.1) is 0 Å². The van der Waals surface area contributed by atoms with Gasteiger partial charge in [-0.2, -0.15) is 0 Å². The van der Waals surface area contributed by atoms with Gasteiger partial charge in [0.05, 0.1) is 19.6 Å². The standard InChI is InChI=1S/C16H18BrN3O3/c1-20(10-16(22)19-8-15(18)21)9-13-6-7-14(23-13)11-2-4-12(17)5-3-11/h2-7H,8-10H2,1H3,(H2,18,21)(H,19,22). The first kappa shape index (κ1) is 17.2. The third-order valence-corrected chi connectivity index (χ3v) is 3.62. The number of nitrogens with two attached hydrogens (primary N) is 1. The van der Waals surface area contributed by atoms with Crippen molar-refractivity contribution < 1.29 is 14.0 Å². The second kappa shape index (κ2) is 7.94. The number of rotatable bonds is 7. The fourth-order valence-corrected chi connectivity index (χ4v) is 2.31. The molecule has 122 valence electrons. The highest BCUT2D eigenvalue weighted by Gasteiger charge is 2.11. The Kier molecular flexibility index (Phi) is 5.95. The van der Waals surface area contributed by atoms with Crippen LogP contribution in [0.5, 0.6) is 0 Å². The van der Waals surface area contributed by atoms with Gasteiger partial charge in [-0.3, -0.25) is 14.5 Å². The number of hydrogen-bond acceptors (Lipinski definition) is 4. The highest BCUT2D eigenvalue weighted by atomic mass is 79.9. The quantitative estimate of drug-likeness (QED) is 0.766. The molecule has 0 saturated heterocycles. The average Bonchev–Trinajstić information content (AvgIpc) is 2.94. The Balaban J connectivity index is 1.89. The number of nitrogens with one attached hydrogen (secondary N) is 1. The summed E-state index contributed by atoms with van der Waals surface area (Å²) < 4.78 is 6.81. The number of halogens is 1. The van der Waals surface area contributed by atoms with Gasteiger partial charge in [-0.1, -0.05) is 28.1 Å². The van der Waals surface area contributed by atoms with E-state index >= 15 is 0 Å². The van der Waals surface area contributed by atoms with Gasteiger partial charge < -0.3 is 15.5 Å². The summed E-state index contributed by atoms with van der Waals surface area (Å²) in [4.78, 5) is 24.0. The van der Waals surface area contributed by atoms with E-state index in [0.717, 1.165) is 21.6 Å². The molecule has 0 aliphatic heterocycles. The van der Waals surface area contributed by atoms with E-state index in [9.17, 15) is 9.59 Å². The van der Waals surface area contributed by atoms with Crippen molar-refractivity contribution in [2.24, 2.45) is 5.73 Å². The van der Waals surface area contributed by atoms with E-state index in [1.54, 1.807) is 11.9 Å². The minimum Gasteiger partial charge on any atom is -0.460 e. The molecule has 7 heteroatoms. The maximum atomic E-state index is 11.6. The van der Waals surface area contributed by atoms with Gasteiger partial charge in [0.1, 0.15) is 11.5 Å². The molecule has 2 aromatic rings. The van der Waals surface area contributed by atoms with E-state index in [0.29, 0.717) is 6.54 Å². The van der Waals surface area contributed by atoms with Crippen molar-refractivity contribution in [3.63, 3.8) is 0 Å². The van der Waals surface area contributed by atoms with Crippen LogP contribution < -0.4 is 11.1 Å². The molecular formula is C16H18BrN3O3. The van der Waals surface area contributed by atoms with Crippen molar-refractivity contribution in [2.45, 2.75) is 6.54 Å². The Morgan fingerprint density at radius 3 is 2.57 bits per heavy atom. The molecule has 0 aliphatic carbocycles. The van der Waals surface area contributed by atoms with Crippen LogP contribution >= 0.6 is 15.9 Å². The van der Waals surface area contributed by atoms with Crippen LogP contribution in [0.3, 0.4) is 0 Å². The zero-order valence-electron chi connectivity index (χ0n) is 12.7. The molecule has 2 amide bonds. The van der Waals surface area contributed by atoms with Crippen LogP contribution in [-0.2, 0) is 16.1 Å². The lowest BCUT2D eigenvalue weighted by atomic mass is 10.2. The van der Waals surface area contributed by atoms with Crippen LogP contribution in [0.25, 0.3) is 11.3 Å². The fourth-order valence-electron chi connectivity index (χ4n) is 2.04. The predicted octanol–water partition coefficient (Wildman–Crippen LogP) is 1.74. The molecule has 2 rings (SSSR count). The summed E-state index contributed by atoms with van der Waals surface area (Å²) in [7, 11) is 1.80. The van der Waals surface area contributed by atoms with Crippen molar-refractivity contribution in [3.05, 3.63) is 46.6 Å². The first-order valence-electron chi connectivity index (χ1n) is 7.02. The van der Waals surface area contributed by atoms with Crippen molar-refractivity contribution in [3.8, 4) is 11.3 Å². The van der Waals surface area contributed by atoms with E-state index in [1.165, 1.54) is 0 Å². The highest BCUT2D eigenvalue weighted by Crippen LogP contribution is 2.24. The van der Waals surface area contributed by atoms with Gasteiger partial charge in [0, 0.05) is 10.0 Å². The summed E-state index contributed by atoms with van der Waals surface area (Å²) in [6, 6.07) is 11.6. The zero-order valence-corrected chi connectivity index (χ0v) is 14.3. The lowest BCUT2D eigenvalue weighted by Gasteiger charge is -2.14. The summed E-state index contributed by atoms with van der Waals surface area (Å²) in [6.45, 7) is 0.489. The zero-order chi connectivity index (χ0) is 16.8. The molecule has 6 nitrogen and oxygen atoms in total. The third-order valence-electron chi connectivity index (χ3n) is 3.09. The van der Waals surface area contributed by atoms with Gasteiger partial charge in [0.25, 0.3) is 0 Å². The van der Waals surface area contributed by atoms with Crippen LogP contribution in [0.15, 0.2) is 45.3 Å². The van der Waals surface area contributed by atoms with Gasteiger partial charge in [0.2, 0.25) is 11.8 Å². The molecule has 0 spiro atoms. The molecule has 1 heterocycles. The SMILES string of the molecule is CN(CC(=O)NCC(N)=O)Cc1ccc(-c2ccc(Br)cc2)o1. The largest absolute Gasteiger partial charge is 0.460 e. The van der Waals surface area contributed by atoms with Gasteiger partial charge in [-0.05, 0) is 31.3 Å². The molecule has 0 saturated carbocycles. The van der Waals surface area contributed by atoms with Crippen LogP contribution in [0.2, 0.25) is 0 Å². The van der Waals surface area contributed by atoms with Crippen molar-refractivity contribution in [1.82, 2.24) is 10.2 Å². The molecule has 0 radical (unpaired) electrons. The van der Waals surface area contributed by atoms with Crippen LogP contribution in [-0.4, -0.2) is 36.9 Å². The molecule has 23 heavy (non-hydrogen) atoms. The van der Waals surface area contributed by atoms with E-state index < -0.39 is 5.91 Å². The van der Waals surface area contributed by atoms with Crippen molar-refractivity contribution in [1.29, 1.82) is 0 Å². The van der Waals surface area contributed by atoms with E-state index in [4.69, 9.17) is 10.2 Å². The van der Waals surface area contributed by atoms with E-state index in [-0.39, 0.29) is 19.0 Å². The summed E-state index contributed by atoms with van der Waals surface area (Å²) in [5.74, 6) is 0.712. The topological polar surface area (TPSA) is 88.6 Å². The molecule has 0 atom stereocenters. The van der Waals surface area contributed by atoms with Crippen LogP contribution in [0.4, 0.5) is 0 Å². The van der Waals surface area contributed by atoms with Crippen LogP contribution in [0, 0.1) is 0 Å². The monoisotopic (exact) mass is 379 g/mol. The number of benzene rings is 1. The first-order valence-corrected chi connectivity index (χ1v) is 7.81. The van der Waals surface area contributed by atoms with Crippen molar-refractivity contribution in [2.75, 3.05) is 20.1 Å². The summed E-state index contributed by atoms with van der Waals surface area (Å²) in [5.41, 5.74) is 5.96. The lowest BCUT2D eigenvalue weighted by molar-refractivity contribution is -0.125. The normalized spacial score (nSPS) is 10.7. The first-order chi connectivity index (χ1) is 10.9. The van der Waals surface area contributed by atoms with E-state index in [2.05, 4.69) is 21.2 Å². The Morgan fingerprint density at radius 2 is 1.91 bits per heavy atom. The molecule has 1 aromatic heterocycles. The Labute approximate surface area is 142 Å². The minimum atomic E-state index is -0.564. The van der Waals surface area contributed by atoms with Crippen LogP contribution in [0.1, 0.15) is 5.76 Å². The number of hydrogen-bond donors (Lipinski definition) is 2. The fraction of sp³-hybridized carbons (Fsp3) is 0.250. The number of nitrogens with zero attached hydrogens (tertiary/aromatic N) is 1. The van der Waals surface area contributed by atoms with E-state index in [1.807, 2.05) is 36.4 Å². The molecular weight excluding hydrogens is 362 g/mol. The number of furan rings is 1. The Bertz CT molecular complexity index is 682. The maximum Gasteiger partial charge on any atom is 0.236 e. The minimum absolute atomic E-state index is 0.152. The summed E-state index contributed by atoms with van der Waals surface area (Å²) in [6.07, 6.45) is 0. The highest BCUT2D eigenvalue weighted by molar-refractivity contribution is 9.10. The smallest absolute Gasteiger partial charge is 0.236 e. The number of likely N-dealkylation sites (N-methyl/N-ethyl adjacent to an activating group) is 1. The molecule has 3 N–H and O–H groups in total. The molecule has 0 bridgehead atoms. The number of carbonyl (C=O) groups is 2.